The van der Waals surface area contributed by atoms with Crippen LogP contribution in [0.5, 0.6) is 0 Å². The third-order valence-electron chi connectivity index (χ3n) is 2.92. The molecule has 0 saturated heterocycles. The summed E-state index contributed by atoms with van der Waals surface area (Å²) >= 11 is 0. The van der Waals surface area contributed by atoms with Crippen LogP contribution in [-0.4, -0.2) is 17.7 Å². The molecular weight excluding hydrogens is 228 g/mol. The maximum absolute atomic E-state index is 12.1. The van der Waals surface area contributed by atoms with Gasteiger partial charge in [-0.15, -0.1) is 0 Å². The zero-order valence-electron chi connectivity index (χ0n) is 10.4. The van der Waals surface area contributed by atoms with Crippen molar-refractivity contribution in [3.05, 3.63) is 47.7 Å². The molecule has 0 bridgehead atoms. The molecule has 0 saturated carbocycles. The minimum Gasteiger partial charge on any atom is -0.487 e. The first-order valence-electron chi connectivity index (χ1n) is 6.16. The van der Waals surface area contributed by atoms with Crippen molar-refractivity contribution in [2.75, 3.05) is 0 Å². The number of ether oxygens (including phenoxy) is 1. The van der Waals surface area contributed by atoms with E-state index < -0.39 is 6.10 Å². The second kappa shape index (κ2) is 5.63. The Bertz CT molecular complexity index is 474. The van der Waals surface area contributed by atoms with E-state index in [1.807, 2.05) is 18.2 Å². The summed E-state index contributed by atoms with van der Waals surface area (Å²) < 4.78 is 5.57. The Labute approximate surface area is 106 Å². The zero-order valence-corrected chi connectivity index (χ0v) is 10.4. The molecule has 1 aliphatic carbocycles. The van der Waals surface area contributed by atoms with Gasteiger partial charge in [0.1, 0.15) is 5.76 Å². The molecule has 0 heterocycles. The fourth-order valence-electron chi connectivity index (χ4n) is 1.97. The van der Waals surface area contributed by atoms with E-state index in [9.17, 15) is 9.59 Å². The summed E-state index contributed by atoms with van der Waals surface area (Å²) in [5, 5.41) is 0. The van der Waals surface area contributed by atoms with Gasteiger partial charge in [-0.2, -0.15) is 0 Å². The first kappa shape index (κ1) is 12.6. The van der Waals surface area contributed by atoms with E-state index in [2.05, 4.69) is 0 Å². The van der Waals surface area contributed by atoms with Crippen LogP contribution in [0.2, 0.25) is 0 Å². The molecule has 94 valence electrons. The minimum atomic E-state index is -0.551. The Balaban J connectivity index is 2.02. The van der Waals surface area contributed by atoms with E-state index in [-0.39, 0.29) is 11.6 Å². The third kappa shape index (κ3) is 3.06. The quantitative estimate of drug-likeness (QED) is 0.765. The van der Waals surface area contributed by atoms with Crippen molar-refractivity contribution >= 4 is 11.6 Å². The van der Waals surface area contributed by atoms with Crippen molar-refractivity contribution in [3.63, 3.8) is 0 Å². The molecule has 18 heavy (non-hydrogen) atoms. The molecule has 1 aromatic rings. The topological polar surface area (TPSA) is 43.4 Å². The standard InChI is InChI=1S/C15H16O3/c1-11(15(17)12-6-3-2-4-7-12)18-14-9-5-8-13(16)10-14/h2-4,6-7,10-11H,5,8-9H2,1H3/t11-/m0/s1. The number of allylic oxidation sites excluding steroid dienone is 2. The fraction of sp³-hybridized carbons (Fsp3) is 0.333. The Hall–Kier alpha value is -1.90. The first-order chi connectivity index (χ1) is 8.66. The smallest absolute Gasteiger partial charge is 0.202 e. The van der Waals surface area contributed by atoms with E-state index in [1.54, 1.807) is 19.1 Å². The molecule has 3 nitrogen and oxygen atoms in total. The molecule has 1 aromatic carbocycles. The largest absolute Gasteiger partial charge is 0.487 e. The lowest BCUT2D eigenvalue weighted by molar-refractivity contribution is -0.115. The molecular formula is C15H16O3. The maximum atomic E-state index is 12.1. The number of rotatable bonds is 4. The predicted molar refractivity (Wildman–Crippen MR) is 68.3 cm³/mol. The van der Waals surface area contributed by atoms with E-state index >= 15 is 0 Å². The number of carbonyl (C=O) groups is 2. The molecule has 0 radical (unpaired) electrons. The summed E-state index contributed by atoms with van der Waals surface area (Å²) in [6.07, 6.45) is 3.07. The lowest BCUT2D eigenvalue weighted by atomic mass is 10.0. The van der Waals surface area contributed by atoms with Crippen molar-refractivity contribution in [1.82, 2.24) is 0 Å². The lowest BCUT2D eigenvalue weighted by Crippen LogP contribution is -2.21. The Morgan fingerprint density at radius 2 is 1.94 bits per heavy atom. The van der Waals surface area contributed by atoms with Crippen LogP contribution in [-0.2, 0) is 9.53 Å². The zero-order chi connectivity index (χ0) is 13.0. The van der Waals surface area contributed by atoms with Crippen molar-refractivity contribution in [1.29, 1.82) is 0 Å². The first-order valence-corrected chi connectivity index (χ1v) is 6.16. The maximum Gasteiger partial charge on any atom is 0.202 e. The van der Waals surface area contributed by atoms with Gasteiger partial charge in [0.2, 0.25) is 5.78 Å². The lowest BCUT2D eigenvalue weighted by Gasteiger charge is -2.18. The SMILES string of the molecule is C[C@H](OC1=CC(=O)CCC1)C(=O)c1ccccc1. The number of benzene rings is 1. The monoisotopic (exact) mass is 244 g/mol. The van der Waals surface area contributed by atoms with E-state index in [4.69, 9.17) is 4.74 Å². The molecule has 1 aliphatic rings. The molecule has 0 fully saturated rings. The van der Waals surface area contributed by atoms with Gasteiger partial charge < -0.3 is 4.74 Å². The average molecular weight is 244 g/mol. The van der Waals surface area contributed by atoms with Gasteiger partial charge in [-0.05, 0) is 13.3 Å². The van der Waals surface area contributed by atoms with Gasteiger partial charge in [0.05, 0.1) is 0 Å². The van der Waals surface area contributed by atoms with Crippen LogP contribution in [0.4, 0.5) is 0 Å². The number of hydrogen-bond acceptors (Lipinski definition) is 3. The molecule has 3 heteroatoms. The van der Waals surface area contributed by atoms with Gasteiger partial charge >= 0.3 is 0 Å². The summed E-state index contributed by atoms with van der Waals surface area (Å²) in [5.41, 5.74) is 0.632. The van der Waals surface area contributed by atoms with Crippen LogP contribution in [0.15, 0.2) is 42.2 Å². The minimum absolute atomic E-state index is 0.0606. The second-order valence-electron chi connectivity index (χ2n) is 4.42. The molecule has 0 N–H and O–H groups in total. The normalized spacial score (nSPS) is 16.9. The van der Waals surface area contributed by atoms with E-state index in [0.717, 1.165) is 12.8 Å². The van der Waals surface area contributed by atoms with Crippen LogP contribution in [0.25, 0.3) is 0 Å². The van der Waals surface area contributed by atoms with Crippen molar-refractivity contribution in [2.45, 2.75) is 32.3 Å². The van der Waals surface area contributed by atoms with Crippen LogP contribution in [0.3, 0.4) is 0 Å². The van der Waals surface area contributed by atoms with Gasteiger partial charge in [-0.1, -0.05) is 30.3 Å². The van der Waals surface area contributed by atoms with E-state index in [1.165, 1.54) is 6.08 Å². The van der Waals surface area contributed by atoms with Crippen molar-refractivity contribution < 1.29 is 14.3 Å². The van der Waals surface area contributed by atoms with Gasteiger partial charge in [-0.3, -0.25) is 9.59 Å². The van der Waals surface area contributed by atoms with Crippen LogP contribution >= 0.6 is 0 Å². The molecule has 0 amide bonds. The number of ketones is 2. The molecule has 0 aliphatic heterocycles. The van der Waals surface area contributed by atoms with Gasteiger partial charge in [0, 0.05) is 24.5 Å². The fourth-order valence-corrected chi connectivity index (χ4v) is 1.97. The molecule has 1 atom stereocenters. The van der Waals surface area contributed by atoms with Gasteiger partial charge in [0.25, 0.3) is 0 Å². The Morgan fingerprint density at radius 1 is 1.22 bits per heavy atom. The molecule has 2 rings (SSSR count). The highest BCUT2D eigenvalue weighted by Gasteiger charge is 2.19. The summed E-state index contributed by atoms with van der Waals surface area (Å²) in [4.78, 5) is 23.3. The summed E-state index contributed by atoms with van der Waals surface area (Å²) in [6, 6.07) is 9.04. The second-order valence-corrected chi connectivity index (χ2v) is 4.42. The summed E-state index contributed by atoms with van der Waals surface area (Å²) in [6.45, 7) is 1.72. The number of Topliss-reactive ketones (excluding diaryl/α,β-unsaturated/α-hetero) is 1. The molecule has 0 unspecified atom stereocenters. The van der Waals surface area contributed by atoms with E-state index in [0.29, 0.717) is 17.7 Å². The highest BCUT2D eigenvalue weighted by Crippen LogP contribution is 2.19. The van der Waals surface area contributed by atoms with Crippen LogP contribution < -0.4 is 0 Å². The summed E-state index contributed by atoms with van der Waals surface area (Å²) in [5.74, 6) is 0.646. The molecule has 0 aromatic heterocycles. The Kier molecular flexibility index (Phi) is 3.92. The van der Waals surface area contributed by atoms with Gasteiger partial charge in [0.15, 0.2) is 11.9 Å². The number of carbonyl (C=O) groups excluding carboxylic acids is 2. The van der Waals surface area contributed by atoms with Crippen molar-refractivity contribution in [3.8, 4) is 0 Å². The number of hydrogen-bond donors (Lipinski definition) is 0. The Morgan fingerprint density at radius 3 is 2.61 bits per heavy atom. The van der Waals surface area contributed by atoms with Crippen LogP contribution in [0.1, 0.15) is 36.5 Å². The third-order valence-corrected chi connectivity index (χ3v) is 2.92. The average Bonchev–Trinajstić information content (AvgIpc) is 2.39. The van der Waals surface area contributed by atoms with Crippen molar-refractivity contribution in [2.24, 2.45) is 0 Å². The highest BCUT2D eigenvalue weighted by molar-refractivity contribution is 5.99. The summed E-state index contributed by atoms with van der Waals surface area (Å²) in [7, 11) is 0. The molecule has 0 spiro atoms. The van der Waals surface area contributed by atoms with Gasteiger partial charge in [-0.25, -0.2) is 0 Å². The highest BCUT2D eigenvalue weighted by atomic mass is 16.5. The van der Waals surface area contributed by atoms with Crippen LogP contribution in [0, 0.1) is 0 Å². The predicted octanol–water partition coefficient (Wildman–Crippen LogP) is 2.91.